The fourth-order valence-corrected chi connectivity index (χ4v) is 1.96. The maximum atomic E-state index is 12.8. The zero-order chi connectivity index (χ0) is 14.0. The van der Waals surface area contributed by atoms with E-state index in [0.717, 1.165) is 4.90 Å². The predicted octanol–water partition coefficient (Wildman–Crippen LogP) is 2.21. The zero-order valence-electron chi connectivity index (χ0n) is 10.1. The molecule has 0 spiro atoms. The van der Waals surface area contributed by atoms with Gasteiger partial charge in [0.15, 0.2) is 0 Å². The molecular weight excluding hydrogens is 276 g/mol. The van der Waals surface area contributed by atoms with Gasteiger partial charge in [-0.2, -0.15) is 8.78 Å². The summed E-state index contributed by atoms with van der Waals surface area (Å²) in [6.45, 7) is -0.595. The molecule has 0 radical (unpaired) electrons. The first kappa shape index (κ1) is 14.0. The van der Waals surface area contributed by atoms with Gasteiger partial charge in [-0.15, -0.1) is 0 Å². The number of carbonyl (C=O) groups excluding carboxylic acids is 2. The van der Waals surface area contributed by atoms with E-state index in [0.29, 0.717) is 11.1 Å². The molecule has 4 nitrogen and oxygen atoms in total. The van der Waals surface area contributed by atoms with Gasteiger partial charge in [-0.25, -0.2) is 0 Å². The van der Waals surface area contributed by atoms with Crippen LogP contribution in [0.15, 0.2) is 24.3 Å². The minimum Gasteiger partial charge on any atom is -0.310 e. The van der Waals surface area contributed by atoms with Gasteiger partial charge in [-0.1, -0.05) is 23.9 Å². The smallest absolute Gasteiger partial charge is 0.310 e. The molecule has 0 fully saturated rings. The molecule has 0 saturated carbocycles. The number of benzene rings is 1. The number of nitrogens with zero attached hydrogens (tertiary/aromatic N) is 1. The van der Waals surface area contributed by atoms with Crippen LogP contribution in [-0.4, -0.2) is 41.6 Å². The Kier molecular flexibility index (Phi) is 3.86. The molecule has 0 unspecified atom stereocenters. The van der Waals surface area contributed by atoms with Crippen molar-refractivity contribution >= 4 is 23.6 Å². The Morgan fingerprint density at radius 1 is 1.21 bits per heavy atom. The first-order valence-electron chi connectivity index (χ1n) is 5.48. The van der Waals surface area contributed by atoms with Crippen molar-refractivity contribution in [3.63, 3.8) is 0 Å². The second-order valence-corrected chi connectivity index (χ2v) is 4.71. The number of amides is 2. The fraction of sp³-hybridized carbons (Fsp3) is 0.333. The third-order valence-corrected chi connectivity index (χ3v) is 3.29. The summed E-state index contributed by atoms with van der Waals surface area (Å²) in [5, 5.41) is 0. The number of hydrogen-bond donors (Lipinski definition) is 0. The van der Waals surface area contributed by atoms with Crippen LogP contribution in [0.1, 0.15) is 20.7 Å². The number of alkyl halides is 2. The number of halogens is 2. The lowest BCUT2D eigenvalue weighted by Crippen LogP contribution is -2.34. The summed E-state index contributed by atoms with van der Waals surface area (Å²) in [4.78, 5) is 24.7. The van der Waals surface area contributed by atoms with E-state index in [1.807, 2.05) is 0 Å². The highest BCUT2D eigenvalue weighted by Crippen LogP contribution is 2.28. The van der Waals surface area contributed by atoms with Gasteiger partial charge in [0.2, 0.25) is 0 Å². The van der Waals surface area contributed by atoms with E-state index in [-0.39, 0.29) is 18.3 Å². The van der Waals surface area contributed by atoms with Gasteiger partial charge in [0.05, 0.1) is 24.3 Å². The predicted molar refractivity (Wildman–Crippen MR) is 66.2 cm³/mol. The largest absolute Gasteiger partial charge is 0.407 e. The molecule has 19 heavy (non-hydrogen) atoms. The number of imide groups is 1. The molecule has 1 aliphatic rings. The van der Waals surface area contributed by atoms with Gasteiger partial charge in [0, 0.05) is 0 Å². The summed E-state index contributed by atoms with van der Waals surface area (Å²) in [5.41, 5.74) is -2.72. The van der Waals surface area contributed by atoms with Crippen LogP contribution in [0.3, 0.4) is 0 Å². The molecule has 2 rings (SSSR count). The summed E-state index contributed by atoms with van der Waals surface area (Å²) < 4.78 is 30.0. The SMILES string of the molecule is CSC(F)(F)OCCN1C(=O)c2ccccc2C1=O. The third kappa shape index (κ3) is 2.76. The first-order valence-corrected chi connectivity index (χ1v) is 6.71. The molecule has 1 aliphatic heterocycles. The van der Waals surface area contributed by atoms with Crippen molar-refractivity contribution < 1.29 is 23.1 Å². The Morgan fingerprint density at radius 2 is 1.74 bits per heavy atom. The van der Waals surface area contributed by atoms with Crippen LogP contribution >= 0.6 is 11.8 Å². The lowest BCUT2D eigenvalue weighted by molar-refractivity contribution is -0.162. The highest BCUT2D eigenvalue weighted by atomic mass is 32.2. The Balaban J connectivity index is 2.01. The average Bonchev–Trinajstić information content (AvgIpc) is 2.64. The molecule has 0 atom stereocenters. The van der Waals surface area contributed by atoms with Gasteiger partial charge in [-0.3, -0.25) is 14.5 Å². The number of carbonyl (C=O) groups is 2. The van der Waals surface area contributed by atoms with E-state index in [9.17, 15) is 18.4 Å². The van der Waals surface area contributed by atoms with Gasteiger partial charge >= 0.3 is 5.44 Å². The number of thioether (sulfide) groups is 1. The minimum atomic E-state index is -3.31. The number of rotatable bonds is 5. The van der Waals surface area contributed by atoms with Crippen molar-refractivity contribution in [1.82, 2.24) is 4.90 Å². The van der Waals surface area contributed by atoms with Crippen molar-refractivity contribution in [1.29, 1.82) is 0 Å². The minimum absolute atomic E-state index is 0.192. The van der Waals surface area contributed by atoms with Crippen LogP contribution in [-0.2, 0) is 4.74 Å². The quantitative estimate of drug-likeness (QED) is 0.615. The van der Waals surface area contributed by atoms with Crippen molar-refractivity contribution in [3.05, 3.63) is 35.4 Å². The van der Waals surface area contributed by atoms with E-state index in [4.69, 9.17) is 0 Å². The van der Waals surface area contributed by atoms with Crippen LogP contribution in [0.2, 0.25) is 0 Å². The van der Waals surface area contributed by atoms with Gasteiger partial charge in [-0.05, 0) is 18.4 Å². The van der Waals surface area contributed by atoms with E-state index in [1.165, 1.54) is 18.4 Å². The monoisotopic (exact) mass is 287 g/mol. The van der Waals surface area contributed by atoms with Crippen LogP contribution < -0.4 is 0 Å². The van der Waals surface area contributed by atoms with Crippen molar-refractivity contribution in [2.24, 2.45) is 0 Å². The summed E-state index contributed by atoms with van der Waals surface area (Å²) in [6, 6.07) is 6.36. The summed E-state index contributed by atoms with van der Waals surface area (Å²) in [7, 11) is 0. The number of fused-ring (bicyclic) bond motifs is 1. The fourth-order valence-electron chi connectivity index (χ4n) is 1.76. The first-order chi connectivity index (χ1) is 8.96. The van der Waals surface area contributed by atoms with Crippen LogP contribution in [0.4, 0.5) is 8.78 Å². The molecule has 1 aromatic carbocycles. The maximum absolute atomic E-state index is 12.8. The molecule has 0 bridgehead atoms. The average molecular weight is 287 g/mol. The second-order valence-electron chi connectivity index (χ2n) is 3.82. The highest BCUT2D eigenvalue weighted by molar-refractivity contribution is 7.99. The van der Waals surface area contributed by atoms with E-state index < -0.39 is 23.9 Å². The zero-order valence-corrected chi connectivity index (χ0v) is 10.9. The van der Waals surface area contributed by atoms with Crippen LogP contribution in [0.5, 0.6) is 0 Å². The molecule has 0 saturated heterocycles. The topological polar surface area (TPSA) is 46.6 Å². The normalized spacial score (nSPS) is 15.0. The molecule has 7 heteroatoms. The molecular formula is C12H11F2NO3S. The number of ether oxygens (including phenoxy) is 1. The summed E-state index contributed by atoms with van der Waals surface area (Å²) in [5.74, 6) is -0.951. The molecule has 0 aromatic heterocycles. The number of hydrogen-bond acceptors (Lipinski definition) is 4. The maximum Gasteiger partial charge on any atom is 0.407 e. The van der Waals surface area contributed by atoms with Crippen molar-refractivity contribution in [3.8, 4) is 0 Å². The highest BCUT2D eigenvalue weighted by Gasteiger charge is 2.36. The van der Waals surface area contributed by atoms with E-state index >= 15 is 0 Å². The lowest BCUT2D eigenvalue weighted by atomic mass is 10.1. The molecule has 2 amide bonds. The summed E-state index contributed by atoms with van der Waals surface area (Å²) >= 11 is 0.255. The third-order valence-electron chi connectivity index (χ3n) is 2.70. The van der Waals surface area contributed by atoms with E-state index in [2.05, 4.69) is 4.74 Å². The Hall–Kier alpha value is -1.47. The molecule has 0 N–H and O–H groups in total. The van der Waals surface area contributed by atoms with Crippen molar-refractivity contribution in [2.75, 3.05) is 19.4 Å². The second kappa shape index (κ2) is 5.26. The summed E-state index contributed by atoms with van der Waals surface area (Å²) in [6.07, 6.45) is 1.21. The van der Waals surface area contributed by atoms with Gasteiger partial charge < -0.3 is 4.74 Å². The van der Waals surface area contributed by atoms with Crippen LogP contribution in [0, 0.1) is 0 Å². The van der Waals surface area contributed by atoms with Gasteiger partial charge in [0.1, 0.15) is 0 Å². The van der Waals surface area contributed by atoms with Gasteiger partial charge in [0.25, 0.3) is 11.8 Å². The Morgan fingerprint density at radius 3 is 2.21 bits per heavy atom. The molecule has 1 aromatic rings. The Bertz CT molecular complexity index is 486. The molecule has 1 heterocycles. The van der Waals surface area contributed by atoms with Crippen LogP contribution in [0.25, 0.3) is 0 Å². The Labute approximate surface area is 112 Å². The van der Waals surface area contributed by atoms with E-state index in [1.54, 1.807) is 12.1 Å². The molecule has 102 valence electrons. The molecule has 0 aliphatic carbocycles. The van der Waals surface area contributed by atoms with Crippen molar-refractivity contribution in [2.45, 2.75) is 5.44 Å². The lowest BCUT2D eigenvalue weighted by Gasteiger charge is -2.17. The standard InChI is InChI=1S/C12H11F2NO3S/c1-19-12(13,14)18-7-6-15-10(16)8-4-2-3-5-9(8)11(15)17/h2-5H,6-7H2,1H3.